The number of carbonyl (C=O) groups excluding carboxylic acids is 1. The second kappa shape index (κ2) is 10.8. The van der Waals surface area contributed by atoms with Crippen LogP contribution in [0.3, 0.4) is 0 Å². The number of methoxy groups -OCH3 is 1. The Morgan fingerprint density at radius 3 is 2.66 bits per heavy atom. The second-order valence-electron chi connectivity index (χ2n) is 6.57. The summed E-state index contributed by atoms with van der Waals surface area (Å²) in [6.45, 7) is 2.42. The number of aromatic carboxylic acids is 1. The van der Waals surface area contributed by atoms with Crippen molar-refractivity contribution in [2.24, 2.45) is 0 Å². The van der Waals surface area contributed by atoms with Crippen LogP contribution in [0, 0.1) is 12.3 Å². The summed E-state index contributed by atoms with van der Waals surface area (Å²) in [5, 5.41) is 11.9. The van der Waals surface area contributed by atoms with Crippen LogP contribution in [0.1, 0.15) is 48.0 Å². The van der Waals surface area contributed by atoms with E-state index in [1.54, 1.807) is 25.3 Å². The maximum atomic E-state index is 12.4. The zero-order valence-corrected chi connectivity index (χ0v) is 16.6. The van der Waals surface area contributed by atoms with E-state index in [1.807, 2.05) is 25.1 Å². The third-order valence-electron chi connectivity index (χ3n) is 4.40. The molecule has 0 aliphatic heterocycles. The Morgan fingerprint density at radius 1 is 1.21 bits per heavy atom. The van der Waals surface area contributed by atoms with E-state index in [9.17, 15) is 14.7 Å². The molecule has 152 valence electrons. The molecule has 2 rings (SSSR count). The summed E-state index contributed by atoms with van der Waals surface area (Å²) < 4.78 is 11.1. The van der Waals surface area contributed by atoms with E-state index in [1.165, 1.54) is 6.07 Å². The highest BCUT2D eigenvalue weighted by atomic mass is 16.5. The summed E-state index contributed by atoms with van der Waals surface area (Å²) in [5.74, 6) is 2.33. The molecule has 6 nitrogen and oxygen atoms in total. The van der Waals surface area contributed by atoms with Crippen molar-refractivity contribution in [3.63, 3.8) is 0 Å². The molecule has 1 amide bonds. The fourth-order valence-corrected chi connectivity index (χ4v) is 2.84. The Hall–Kier alpha value is -3.46. The summed E-state index contributed by atoms with van der Waals surface area (Å²) in [6.07, 6.45) is 6.84. The highest BCUT2D eigenvalue weighted by molar-refractivity contribution is 6.00. The van der Waals surface area contributed by atoms with E-state index >= 15 is 0 Å². The van der Waals surface area contributed by atoms with Gasteiger partial charge < -0.3 is 19.9 Å². The predicted molar refractivity (Wildman–Crippen MR) is 112 cm³/mol. The number of carboxylic acids is 1. The molecule has 0 aromatic heterocycles. The third-order valence-corrected chi connectivity index (χ3v) is 4.40. The fraction of sp³-hybridized carbons (Fsp3) is 0.304. The monoisotopic (exact) mass is 395 g/mol. The molecular formula is C23H25NO5. The number of benzene rings is 2. The standard InChI is InChI=1S/C23H25NO5/c1-4-5-8-13-29-20-12-11-17(15-21(20)28-3)16(2)14-22(25)24-19-10-7-6-9-18(19)23(26)27/h1,6-7,9-12,15-16H,5,8,13-14H2,2-3H3,(H,24,25)(H,26,27). The van der Waals surface area contributed by atoms with Gasteiger partial charge in [0.15, 0.2) is 11.5 Å². The van der Waals surface area contributed by atoms with Gasteiger partial charge in [0.2, 0.25) is 5.91 Å². The molecule has 0 heterocycles. The summed E-state index contributed by atoms with van der Waals surface area (Å²) in [7, 11) is 1.56. The highest BCUT2D eigenvalue weighted by Gasteiger charge is 2.16. The first-order valence-corrected chi connectivity index (χ1v) is 9.32. The number of carbonyl (C=O) groups is 2. The molecule has 0 bridgehead atoms. The first-order chi connectivity index (χ1) is 14.0. The average Bonchev–Trinajstić information content (AvgIpc) is 2.71. The molecule has 0 aliphatic carbocycles. The normalized spacial score (nSPS) is 11.2. The molecule has 0 saturated heterocycles. The fourth-order valence-electron chi connectivity index (χ4n) is 2.84. The number of carboxylic acid groups (broad SMARTS) is 1. The average molecular weight is 395 g/mol. The van der Waals surface area contributed by atoms with Crippen molar-refractivity contribution in [2.45, 2.75) is 32.1 Å². The Morgan fingerprint density at radius 2 is 1.97 bits per heavy atom. The van der Waals surface area contributed by atoms with Gasteiger partial charge in [-0.1, -0.05) is 25.1 Å². The molecule has 6 heteroatoms. The first-order valence-electron chi connectivity index (χ1n) is 9.32. The SMILES string of the molecule is C#CCCCOc1ccc(C(C)CC(=O)Nc2ccccc2C(=O)O)cc1OC. The molecule has 2 aromatic carbocycles. The Kier molecular flexibility index (Phi) is 8.11. The second-order valence-corrected chi connectivity index (χ2v) is 6.57. The Labute approximate surface area is 170 Å². The largest absolute Gasteiger partial charge is 0.493 e. The number of para-hydroxylation sites is 1. The van der Waals surface area contributed by atoms with Crippen LogP contribution in [-0.4, -0.2) is 30.7 Å². The van der Waals surface area contributed by atoms with Gasteiger partial charge in [-0.25, -0.2) is 4.79 Å². The van der Waals surface area contributed by atoms with Gasteiger partial charge >= 0.3 is 5.97 Å². The molecule has 29 heavy (non-hydrogen) atoms. The minimum absolute atomic E-state index is 0.0570. The van der Waals surface area contributed by atoms with Gasteiger partial charge in [0.25, 0.3) is 0 Å². The van der Waals surface area contributed by atoms with Gasteiger partial charge in [-0.15, -0.1) is 12.3 Å². The Balaban J connectivity index is 2.03. The minimum atomic E-state index is -1.09. The molecule has 1 atom stereocenters. The van der Waals surface area contributed by atoms with Gasteiger partial charge in [0.1, 0.15) is 0 Å². The number of ether oxygens (including phenoxy) is 2. The lowest BCUT2D eigenvalue weighted by molar-refractivity contribution is -0.116. The third kappa shape index (κ3) is 6.28. The van der Waals surface area contributed by atoms with E-state index < -0.39 is 5.97 Å². The van der Waals surface area contributed by atoms with Crippen LogP contribution in [-0.2, 0) is 4.79 Å². The first kappa shape index (κ1) is 21.8. The van der Waals surface area contributed by atoms with E-state index in [-0.39, 0.29) is 29.5 Å². The van der Waals surface area contributed by atoms with Crippen molar-refractivity contribution in [1.82, 2.24) is 0 Å². The van der Waals surface area contributed by atoms with Crippen LogP contribution >= 0.6 is 0 Å². The number of rotatable bonds is 10. The summed E-state index contributed by atoms with van der Waals surface area (Å²) in [4.78, 5) is 23.7. The summed E-state index contributed by atoms with van der Waals surface area (Å²) in [5.41, 5.74) is 1.26. The van der Waals surface area contributed by atoms with Crippen LogP contribution in [0.25, 0.3) is 0 Å². The minimum Gasteiger partial charge on any atom is -0.493 e. The van der Waals surface area contributed by atoms with Crippen LogP contribution in [0.2, 0.25) is 0 Å². The topological polar surface area (TPSA) is 84.9 Å². The molecular weight excluding hydrogens is 370 g/mol. The highest BCUT2D eigenvalue weighted by Crippen LogP contribution is 2.32. The molecule has 0 saturated carbocycles. The number of hydrogen-bond acceptors (Lipinski definition) is 4. The predicted octanol–water partition coefficient (Wildman–Crippen LogP) is 4.32. The van der Waals surface area contributed by atoms with Gasteiger partial charge in [-0.2, -0.15) is 0 Å². The van der Waals surface area contributed by atoms with Gasteiger partial charge in [0.05, 0.1) is 25.0 Å². The number of terminal acetylenes is 1. The molecule has 0 spiro atoms. The molecule has 0 radical (unpaired) electrons. The van der Waals surface area contributed by atoms with E-state index in [4.69, 9.17) is 15.9 Å². The number of anilines is 1. The maximum Gasteiger partial charge on any atom is 0.337 e. The maximum absolute atomic E-state index is 12.4. The van der Waals surface area contributed by atoms with E-state index in [0.717, 1.165) is 12.0 Å². The van der Waals surface area contributed by atoms with E-state index in [2.05, 4.69) is 11.2 Å². The van der Waals surface area contributed by atoms with Crippen LogP contribution in [0.5, 0.6) is 11.5 Å². The zero-order valence-electron chi connectivity index (χ0n) is 16.6. The molecule has 2 N–H and O–H groups in total. The van der Waals surface area contributed by atoms with Gasteiger partial charge in [-0.3, -0.25) is 4.79 Å². The van der Waals surface area contributed by atoms with E-state index in [0.29, 0.717) is 24.5 Å². The lowest BCUT2D eigenvalue weighted by Gasteiger charge is -2.16. The summed E-state index contributed by atoms with van der Waals surface area (Å²) in [6, 6.07) is 11.9. The molecule has 0 fully saturated rings. The van der Waals surface area contributed by atoms with Crippen LogP contribution in [0.4, 0.5) is 5.69 Å². The van der Waals surface area contributed by atoms with Crippen molar-refractivity contribution < 1.29 is 24.2 Å². The number of hydrogen-bond donors (Lipinski definition) is 2. The Bertz CT molecular complexity index is 900. The smallest absolute Gasteiger partial charge is 0.337 e. The lowest BCUT2D eigenvalue weighted by atomic mass is 9.97. The van der Waals surface area contributed by atoms with Crippen LogP contribution < -0.4 is 14.8 Å². The zero-order chi connectivity index (χ0) is 21.2. The van der Waals surface area contributed by atoms with Crippen molar-refractivity contribution in [1.29, 1.82) is 0 Å². The number of nitrogens with one attached hydrogen (secondary N) is 1. The molecule has 1 unspecified atom stereocenters. The summed E-state index contributed by atoms with van der Waals surface area (Å²) >= 11 is 0. The van der Waals surface area contributed by atoms with Crippen molar-refractivity contribution >= 4 is 17.6 Å². The van der Waals surface area contributed by atoms with Crippen molar-refractivity contribution in [2.75, 3.05) is 19.0 Å². The lowest BCUT2D eigenvalue weighted by Crippen LogP contribution is -2.16. The van der Waals surface area contributed by atoms with Crippen molar-refractivity contribution in [3.05, 3.63) is 53.6 Å². The number of unbranched alkanes of at least 4 members (excludes halogenated alkanes) is 1. The van der Waals surface area contributed by atoms with Gasteiger partial charge in [-0.05, 0) is 42.2 Å². The van der Waals surface area contributed by atoms with Crippen LogP contribution in [0.15, 0.2) is 42.5 Å². The quantitative estimate of drug-likeness (QED) is 0.462. The van der Waals surface area contributed by atoms with Crippen molar-refractivity contribution in [3.8, 4) is 23.8 Å². The van der Waals surface area contributed by atoms with Gasteiger partial charge in [0, 0.05) is 12.8 Å². The molecule has 2 aromatic rings. The number of amides is 1. The molecule has 0 aliphatic rings.